The number of aryl methyl sites for hydroxylation is 2. The number of halogens is 1. The molecule has 5 nitrogen and oxygen atoms in total. The van der Waals surface area contributed by atoms with Gasteiger partial charge in [-0.15, -0.1) is 0 Å². The Morgan fingerprint density at radius 1 is 1.28 bits per heavy atom. The van der Waals surface area contributed by atoms with Gasteiger partial charge in [0, 0.05) is 44.0 Å². The van der Waals surface area contributed by atoms with Crippen LogP contribution in [0.3, 0.4) is 0 Å². The lowest BCUT2D eigenvalue weighted by atomic mass is 9.97. The number of ether oxygens (including phenoxy) is 2. The van der Waals surface area contributed by atoms with E-state index in [1.54, 1.807) is 7.11 Å². The summed E-state index contributed by atoms with van der Waals surface area (Å²) in [5.41, 5.74) is 3.69. The van der Waals surface area contributed by atoms with Gasteiger partial charge in [-0.3, -0.25) is 0 Å². The number of rotatable bonds is 3. The van der Waals surface area contributed by atoms with Gasteiger partial charge in [0.2, 0.25) is 0 Å². The molecule has 0 unspecified atom stereocenters. The summed E-state index contributed by atoms with van der Waals surface area (Å²) in [6.07, 6.45) is 4.68. The molecule has 4 rings (SSSR count). The fourth-order valence-corrected chi connectivity index (χ4v) is 3.62. The normalized spacial score (nSPS) is 20.5. The van der Waals surface area contributed by atoms with E-state index < -0.39 is 5.60 Å². The smallest absolute Gasteiger partial charge is 0.137 e. The van der Waals surface area contributed by atoms with E-state index >= 15 is 0 Å². The van der Waals surface area contributed by atoms with Crippen LogP contribution < -0.4 is 0 Å². The average Bonchev–Trinajstić information content (AvgIpc) is 3.20. The lowest BCUT2D eigenvalue weighted by Crippen LogP contribution is -2.30. The van der Waals surface area contributed by atoms with Crippen LogP contribution in [0, 0.1) is 13.8 Å². The van der Waals surface area contributed by atoms with Crippen molar-refractivity contribution in [2.24, 2.45) is 0 Å². The molecule has 130 valence electrons. The largest absolute Gasteiger partial charge is 0.378 e. The molecular formula is C19H20ClN3O2. The number of hydrogen-bond donors (Lipinski definition) is 0. The summed E-state index contributed by atoms with van der Waals surface area (Å²) >= 11 is 6.12. The minimum absolute atomic E-state index is 0.470. The van der Waals surface area contributed by atoms with E-state index in [2.05, 4.69) is 41.7 Å². The van der Waals surface area contributed by atoms with Gasteiger partial charge in [-0.05, 0) is 37.1 Å². The molecule has 1 saturated heterocycles. The lowest BCUT2D eigenvalue weighted by molar-refractivity contribution is -0.0246. The highest BCUT2D eigenvalue weighted by atomic mass is 35.5. The third-order valence-electron chi connectivity index (χ3n) is 4.90. The van der Waals surface area contributed by atoms with Crippen molar-refractivity contribution in [3.63, 3.8) is 0 Å². The van der Waals surface area contributed by atoms with Crippen molar-refractivity contribution in [3.8, 4) is 5.82 Å². The molecule has 0 amide bonds. The molecular weight excluding hydrogens is 338 g/mol. The first-order valence-corrected chi connectivity index (χ1v) is 8.66. The third kappa shape index (κ3) is 2.72. The van der Waals surface area contributed by atoms with E-state index in [0.717, 1.165) is 40.0 Å². The molecule has 0 N–H and O–H groups in total. The SMILES string of the molecule is CO[C@]1(c2cc(C)cc(-n3cc(C)c4cnc(Cl)cc43)n2)CCOC1. The van der Waals surface area contributed by atoms with Crippen molar-refractivity contribution in [1.29, 1.82) is 0 Å². The minimum Gasteiger partial charge on any atom is -0.378 e. The maximum Gasteiger partial charge on any atom is 0.137 e. The lowest BCUT2D eigenvalue weighted by Gasteiger charge is -2.26. The molecule has 0 aliphatic carbocycles. The van der Waals surface area contributed by atoms with Crippen LogP contribution in [0.1, 0.15) is 23.2 Å². The Morgan fingerprint density at radius 2 is 2.12 bits per heavy atom. The van der Waals surface area contributed by atoms with Gasteiger partial charge >= 0.3 is 0 Å². The van der Waals surface area contributed by atoms with Crippen LogP contribution in [0.2, 0.25) is 5.15 Å². The number of hydrogen-bond acceptors (Lipinski definition) is 4. The quantitative estimate of drug-likeness (QED) is 0.666. The highest BCUT2D eigenvalue weighted by Crippen LogP contribution is 2.34. The zero-order chi connectivity index (χ0) is 17.6. The third-order valence-corrected chi connectivity index (χ3v) is 5.11. The summed E-state index contributed by atoms with van der Waals surface area (Å²) in [6.45, 7) is 5.35. The van der Waals surface area contributed by atoms with Crippen molar-refractivity contribution in [2.45, 2.75) is 25.9 Å². The van der Waals surface area contributed by atoms with E-state index in [4.69, 9.17) is 26.1 Å². The second-order valence-electron chi connectivity index (χ2n) is 6.60. The van der Waals surface area contributed by atoms with Crippen LogP contribution in [0.5, 0.6) is 0 Å². The highest BCUT2D eigenvalue weighted by Gasteiger charge is 2.38. The Morgan fingerprint density at radius 3 is 2.84 bits per heavy atom. The molecule has 1 aliphatic rings. The van der Waals surface area contributed by atoms with Gasteiger partial charge in [0.1, 0.15) is 16.6 Å². The van der Waals surface area contributed by atoms with Crippen LogP contribution in [0.15, 0.2) is 30.6 Å². The summed E-state index contributed by atoms with van der Waals surface area (Å²) in [4.78, 5) is 9.11. The molecule has 0 saturated carbocycles. The summed E-state index contributed by atoms with van der Waals surface area (Å²) < 4.78 is 13.5. The van der Waals surface area contributed by atoms with Crippen LogP contribution >= 0.6 is 11.6 Å². The zero-order valence-corrected chi connectivity index (χ0v) is 15.3. The monoisotopic (exact) mass is 357 g/mol. The summed E-state index contributed by atoms with van der Waals surface area (Å²) in [5.74, 6) is 0.846. The second-order valence-corrected chi connectivity index (χ2v) is 6.98. The second kappa shape index (κ2) is 6.09. The fourth-order valence-electron chi connectivity index (χ4n) is 3.47. The predicted octanol–water partition coefficient (Wildman–Crippen LogP) is 3.95. The van der Waals surface area contributed by atoms with Crippen LogP contribution in [-0.4, -0.2) is 34.9 Å². The number of pyridine rings is 2. The molecule has 0 spiro atoms. The van der Waals surface area contributed by atoms with Gasteiger partial charge in [-0.1, -0.05) is 11.6 Å². The first-order valence-electron chi connectivity index (χ1n) is 8.28. The summed E-state index contributed by atoms with van der Waals surface area (Å²) in [7, 11) is 1.72. The van der Waals surface area contributed by atoms with Crippen LogP contribution in [0.25, 0.3) is 16.7 Å². The van der Waals surface area contributed by atoms with Gasteiger partial charge in [0.05, 0.1) is 17.8 Å². The number of aromatic nitrogens is 3. The molecule has 6 heteroatoms. The molecule has 0 bridgehead atoms. The molecule has 4 heterocycles. The average molecular weight is 358 g/mol. The Balaban J connectivity index is 1.91. The van der Waals surface area contributed by atoms with Gasteiger partial charge < -0.3 is 14.0 Å². The number of nitrogens with zero attached hydrogens (tertiary/aromatic N) is 3. The summed E-state index contributed by atoms with van der Waals surface area (Å²) in [6, 6.07) is 6.02. The number of fused-ring (bicyclic) bond motifs is 1. The van der Waals surface area contributed by atoms with Crippen molar-refractivity contribution < 1.29 is 9.47 Å². The van der Waals surface area contributed by atoms with Gasteiger partial charge in [-0.25, -0.2) is 9.97 Å². The fraction of sp³-hybridized carbons (Fsp3) is 0.368. The first kappa shape index (κ1) is 16.5. The van der Waals surface area contributed by atoms with Gasteiger partial charge in [0.25, 0.3) is 0 Å². The maximum absolute atomic E-state index is 6.12. The van der Waals surface area contributed by atoms with E-state index in [-0.39, 0.29) is 0 Å². The molecule has 1 aliphatic heterocycles. The molecule has 0 radical (unpaired) electrons. The topological polar surface area (TPSA) is 49.2 Å². The van der Waals surface area contributed by atoms with Gasteiger partial charge in [-0.2, -0.15) is 0 Å². The molecule has 3 aromatic rings. The zero-order valence-electron chi connectivity index (χ0n) is 14.5. The van der Waals surface area contributed by atoms with Crippen molar-refractivity contribution in [1.82, 2.24) is 14.5 Å². The van der Waals surface area contributed by atoms with Crippen molar-refractivity contribution in [2.75, 3.05) is 20.3 Å². The molecule has 3 aromatic heterocycles. The van der Waals surface area contributed by atoms with Crippen LogP contribution in [-0.2, 0) is 15.1 Å². The van der Waals surface area contributed by atoms with E-state index in [1.807, 2.05) is 12.3 Å². The van der Waals surface area contributed by atoms with E-state index in [0.29, 0.717) is 18.4 Å². The Hall–Kier alpha value is -1.95. The van der Waals surface area contributed by atoms with E-state index in [9.17, 15) is 0 Å². The minimum atomic E-state index is -0.474. The van der Waals surface area contributed by atoms with Crippen molar-refractivity contribution in [3.05, 3.63) is 52.6 Å². The van der Waals surface area contributed by atoms with Crippen molar-refractivity contribution >= 4 is 22.5 Å². The van der Waals surface area contributed by atoms with Gasteiger partial charge in [0.15, 0.2) is 0 Å². The Kier molecular flexibility index (Phi) is 4.02. The molecule has 1 atom stereocenters. The first-order chi connectivity index (χ1) is 12.0. The van der Waals surface area contributed by atoms with E-state index in [1.165, 1.54) is 0 Å². The molecule has 1 fully saturated rings. The predicted molar refractivity (Wildman–Crippen MR) is 97.5 cm³/mol. The number of methoxy groups -OCH3 is 1. The molecule has 0 aromatic carbocycles. The maximum atomic E-state index is 6.12. The Labute approximate surface area is 151 Å². The Bertz CT molecular complexity index is 945. The highest BCUT2D eigenvalue weighted by molar-refractivity contribution is 6.30. The summed E-state index contributed by atoms with van der Waals surface area (Å²) in [5, 5.41) is 1.54. The standard InChI is InChI=1S/C19H20ClN3O2/c1-12-6-16(19(24-3)4-5-25-11-19)22-18(7-12)23-10-13(2)14-9-21-17(20)8-15(14)23/h6-10H,4-5,11H2,1-3H3/t19-/m1/s1. The van der Waals surface area contributed by atoms with Crippen LogP contribution in [0.4, 0.5) is 0 Å². The molecule has 25 heavy (non-hydrogen) atoms.